The van der Waals surface area contributed by atoms with E-state index in [1.807, 2.05) is 0 Å². The minimum Gasteiger partial charge on any atom is -0.497 e. The van der Waals surface area contributed by atoms with Crippen molar-refractivity contribution in [1.29, 1.82) is 0 Å². The molecule has 0 saturated heterocycles. The average molecular weight is 258 g/mol. The molecule has 4 heteroatoms. The van der Waals surface area contributed by atoms with Crippen LogP contribution in [-0.2, 0) is 0 Å². The number of ether oxygens (including phenoxy) is 1. The van der Waals surface area contributed by atoms with E-state index in [1.165, 1.54) is 13.2 Å². The van der Waals surface area contributed by atoms with Gasteiger partial charge in [0.15, 0.2) is 0 Å². The number of hydrogen-bond donors (Lipinski definition) is 1. The van der Waals surface area contributed by atoms with Gasteiger partial charge < -0.3 is 9.84 Å². The van der Waals surface area contributed by atoms with Crippen LogP contribution in [0.3, 0.4) is 0 Å². The molecular weight excluding hydrogens is 239 g/mol. The fourth-order valence-electron chi connectivity index (χ4n) is 1.37. The van der Waals surface area contributed by atoms with E-state index < -0.39 is 11.9 Å². The first-order chi connectivity index (χ1) is 8.08. The summed E-state index contributed by atoms with van der Waals surface area (Å²) in [7, 11) is 1.49. The second kappa shape index (κ2) is 6.87. The average Bonchev–Trinajstić information content (AvgIpc) is 2.35. The minimum absolute atomic E-state index is 0.335. The summed E-state index contributed by atoms with van der Waals surface area (Å²) in [6.45, 7) is 4.19. The highest BCUT2D eigenvalue weighted by Crippen LogP contribution is 2.26. The molecule has 17 heavy (non-hydrogen) atoms. The van der Waals surface area contributed by atoms with E-state index in [4.69, 9.17) is 4.74 Å². The Labute approximate surface area is 106 Å². The van der Waals surface area contributed by atoms with Gasteiger partial charge in [-0.3, -0.25) is 0 Å². The van der Waals surface area contributed by atoms with Crippen molar-refractivity contribution in [3.8, 4) is 5.75 Å². The zero-order valence-corrected chi connectivity index (χ0v) is 11.3. The molecule has 1 aromatic carbocycles. The van der Waals surface area contributed by atoms with Gasteiger partial charge in [-0.1, -0.05) is 13.8 Å². The molecule has 1 aromatic rings. The molecule has 0 aromatic heterocycles. The summed E-state index contributed by atoms with van der Waals surface area (Å²) in [5.41, 5.74) is 0.335. The van der Waals surface area contributed by atoms with Crippen LogP contribution in [0.25, 0.3) is 0 Å². The number of hydrogen-bond acceptors (Lipinski definition) is 3. The quantitative estimate of drug-likeness (QED) is 0.848. The highest BCUT2D eigenvalue weighted by Gasteiger charge is 2.14. The van der Waals surface area contributed by atoms with Crippen molar-refractivity contribution in [3.05, 3.63) is 29.6 Å². The Hall–Kier alpha value is -0.740. The lowest BCUT2D eigenvalue weighted by Crippen LogP contribution is -2.06. The zero-order valence-electron chi connectivity index (χ0n) is 10.4. The van der Waals surface area contributed by atoms with Gasteiger partial charge in [-0.25, -0.2) is 4.39 Å². The number of aliphatic hydroxyl groups is 1. The maximum atomic E-state index is 13.6. The molecule has 2 nitrogen and oxygen atoms in total. The first-order valence-electron chi connectivity index (χ1n) is 5.71. The topological polar surface area (TPSA) is 29.5 Å². The van der Waals surface area contributed by atoms with E-state index in [1.54, 1.807) is 23.9 Å². The van der Waals surface area contributed by atoms with Gasteiger partial charge in [0.25, 0.3) is 0 Å². The normalized spacial score (nSPS) is 14.4. The molecule has 0 heterocycles. The van der Waals surface area contributed by atoms with Crippen LogP contribution < -0.4 is 4.74 Å². The predicted molar refractivity (Wildman–Crippen MR) is 70.1 cm³/mol. The van der Waals surface area contributed by atoms with E-state index in [-0.39, 0.29) is 0 Å². The van der Waals surface area contributed by atoms with Gasteiger partial charge in [0, 0.05) is 22.6 Å². The van der Waals surface area contributed by atoms with E-state index in [2.05, 4.69) is 13.8 Å². The Morgan fingerprint density at radius 1 is 1.47 bits per heavy atom. The Balaban J connectivity index is 2.65. The Bertz CT molecular complexity index is 357. The number of thioether (sulfide) groups is 1. The van der Waals surface area contributed by atoms with Crippen molar-refractivity contribution in [2.75, 3.05) is 12.9 Å². The number of halogens is 1. The molecule has 1 N–H and O–H groups in total. The molecule has 1 rings (SSSR count). The molecule has 0 aliphatic heterocycles. The second-order valence-corrected chi connectivity index (χ2v) is 5.43. The smallest absolute Gasteiger partial charge is 0.132 e. The van der Waals surface area contributed by atoms with Gasteiger partial charge in [-0.05, 0) is 18.6 Å². The van der Waals surface area contributed by atoms with Crippen LogP contribution in [0.1, 0.15) is 31.9 Å². The lowest BCUT2D eigenvalue weighted by molar-refractivity contribution is 0.198. The monoisotopic (exact) mass is 258 g/mol. The van der Waals surface area contributed by atoms with Crippen LogP contribution in [-0.4, -0.2) is 23.2 Å². The van der Waals surface area contributed by atoms with E-state index in [0.29, 0.717) is 22.3 Å². The standard InChI is InChI=1S/C13H19FO2S/c1-4-9(2)17-8-13(15)11-6-5-10(16-3)7-12(11)14/h5-7,9,13,15H,4,8H2,1-3H3. The van der Waals surface area contributed by atoms with Crippen LogP contribution in [0.2, 0.25) is 0 Å². The summed E-state index contributed by atoms with van der Waals surface area (Å²) in [5, 5.41) is 10.4. The fourth-order valence-corrected chi connectivity index (χ4v) is 2.29. The first-order valence-corrected chi connectivity index (χ1v) is 6.76. The number of rotatable bonds is 6. The highest BCUT2D eigenvalue weighted by atomic mass is 32.2. The minimum atomic E-state index is -0.764. The van der Waals surface area contributed by atoms with Crippen molar-refractivity contribution in [2.24, 2.45) is 0 Å². The van der Waals surface area contributed by atoms with Gasteiger partial charge in [-0.2, -0.15) is 11.8 Å². The summed E-state index contributed by atoms with van der Waals surface area (Å²) in [5.74, 6) is 0.563. The van der Waals surface area contributed by atoms with Crippen molar-refractivity contribution < 1.29 is 14.2 Å². The molecular formula is C13H19FO2S. The number of benzene rings is 1. The van der Waals surface area contributed by atoms with Gasteiger partial charge in [0.1, 0.15) is 11.6 Å². The third-order valence-corrected chi connectivity index (χ3v) is 4.09. The van der Waals surface area contributed by atoms with Crippen LogP contribution in [0.4, 0.5) is 4.39 Å². The maximum absolute atomic E-state index is 13.6. The summed E-state index contributed by atoms with van der Waals surface area (Å²) in [6.07, 6.45) is 0.280. The third kappa shape index (κ3) is 4.21. The molecule has 0 saturated carbocycles. The maximum Gasteiger partial charge on any atom is 0.132 e. The van der Waals surface area contributed by atoms with Crippen LogP contribution in [0, 0.1) is 5.82 Å². The van der Waals surface area contributed by atoms with Gasteiger partial charge >= 0.3 is 0 Å². The van der Waals surface area contributed by atoms with E-state index in [0.717, 1.165) is 6.42 Å². The molecule has 2 atom stereocenters. The van der Waals surface area contributed by atoms with Gasteiger partial charge in [0.05, 0.1) is 13.2 Å². The Morgan fingerprint density at radius 3 is 2.71 bits per heavy atom. The first kappa shape index (κ1) is 14.3. The van der Waals surface area contributed by atoms with Crippen molar-refractivity contribution in [1.82, 2.24) is 0 Å². The van der Waals surface area contributed by atoms with Crippen LogP contribution in [0.15, 0.2) is 18.2 Å². The summed E-state index contributed by atoms with van der Waals surface area (Å²) in [6, 6.07) is 4.54. The van der Waals surface area contributed by atoms with Gasteiger partial charge in [-0.15, -0.1) is 0 Å². The molecule has 0 aliphatic carbocycles. The van der Waals surface area contributed by atoms with Crippen molar-refractivity contribution in [2.45, 2.75) is 31.6 Å². The van der Waals surface area contributed by atoms with Crippen LogP contribution >= 0.6 is 11.8 Å². The molecule has 0 spiro atoms. The molecule has 0 aliphatic rings. The Morgan fingerprint density at radius 2 is 2.18 bits per heavy atom. The summed E-state index contributed by atoms with van der Waals surface area (Å²) >= 11 is 1.65. The number of methoxy groups -OCH3 is 1. The summed E-state index contributed by atoms with van der Waals surface area (Å²) in [4.78, 5) is 0. The number of aliphatic hydroxyl groups excluding tert-OH is 1. The second-order valence-electron chi connectivity index (χ2n) is 3.96. The zero-order chi connectivity index (χ0) is 12.8. The molecule has 0 amide bonds. The lowest BCUT2D eigenvalue weighted by atomic mass is 10.1. The third-order valence-electron chi connectivity index (χ3n) is 2.68. The highest BCUT2D eigenvalue weighted by molar-refractivity contribution is 7.99. The fraction of sp³-hybridized carbons (Fsp3) is 0.538. The lowest BCUT2D eigenvalue weighted by Gasteiger charge is -2.15. The predicted octanol–water partition coefficient (Wildman–Crippen LogP) is 3.40. The summed E-state index contributed by atoms with van der Waals surface area (Å²) < 4.78 is 18.6. The van der Waals surface area contributed by atoms with Gasteiger partial charge in [0.2, 0.25) is 0 Å². The molecule has 0 fully saturated rings. The molecule has 96 valence electrons. The van der Waals surface area contributed by atoms with E-state index in [9.17, 15) is 9.50 Å². The van der Waals surface area contributed by atoms with Crippen LogP contribution in [0.5, 0.6) is 5.75 Å². The van der Waals surface area contributed by atoms with E-state index >= 15 is 0 Å². The largest absolute Gasteiger partial charge is 0.497 e. The Kier molecular flexibility index (Phi) is 5.78. The SMILES string of the molecule is CCC(C)SCC(O)c1ccc(OC)cc1F. The molecule has 2 unspecified atom stereocenters. The van der Waals surface area contributed by atoms with Crippen molar-refractivity contribution in [3.63, 3.8) is 0 Å². The molecule has 0 bridgehead atoms. The molecule has 0 radical (unpaired) electrons. The van der Waals surface area contributed by atoms with Crippen molar-refractivity contribution >= 4 is 11.8 Å².